The maximum Gasteiger partial charge on any atom is 0.131 e. The Morgan fingerprint density at radius 3 is 2.18 bits per heavy atom. The molecule has 0 nitrogen and oxygen atoms in total. The molecule has 112 valence electrons. The minimum atomic E-state index is -0.243. The van der Waals surface area contributed by atoms with Gasteiger partial charge in [-0.25, -0.2) is 4.39 Å². The molecule has 0 amide bonds. The molecule has 0 atom stereocenters. The van der Waals surface area contributed by atoms with Crippen molar-refractivity contribution in [1.82, 2.24) is 0 Å². The van der Waals surface area contributed by atoms with E-state index in [0.29, 0.717) is 11.1 Å². The maximum atomic E-state index is 13.8. The lowest BCUT2D eigenvalue weighted by Crippen LogP contribution is -2.10. The van der Waals surface area contributed by atoms with Gasteiger partial charge in [-0.2, -0.15) is 0 Å². The van der Waals surface area contributed by atoms with E-state index in [1.165, 1.54) is 11.6 Å². The van der Waals surface area contributed by atoms with Crippen LogP contribution in [0.1, 0.15) is 44.4 Å². The highest BCUT2D eigenvalue weighted by Crippen LogP contribution is 2.22. The van der Waals surface area contributed by atoms with Gasteiger partial charge in [0.1, 0.15) is 5.82 Å². The van der Waals surface area contributed by atoms with Gasteiger partial charge in [-0.05, 0) is 36.1 Å². The molecule has 0 saturated carbocycles. The van der Waals surface area contributed by atoms with Gasteiger partial charge in [-0.3, -0.25) is 0 Å². The fourth-order valence-electron chi connectivity index (χ4n) is 2.17. The molecule has 2 aromatic carbocycles. The quantitative estimate of drug-likeness (QED) is 0.602. The van der Waals surface area contributed by atoms with Crippen molar-refractivity contribution < 1.29 is 4.39 Å². The smallest absolute Gasteiger partial charge is 0.131 e. The number of hydrogen-bond donors (Lipinski definition) is 0. The van der Waals surface area contributed by atoms with Crippen molar-refractivity contribution in [3.63, 3.8) is 0 Å². The zero-order valence-electron chi connectivity index (χ0n) is 13.6. The van der Waals surface area contributed by atoms with Gasteiger partial charge in [0, 0.05) is 16.7 Å². The number of allylic oxidation sites excluding steroid dienone is 2. The fraction of sp³-hybridized carbons (Fsp3) is 0.238. The standard InChI is InChI=1S/C21H21F/c1-5-17(19-8-6-7-9-20(19)22)13-10-16-11-14-18(15-12-16)21(2,3)4/h5-9,11-12,14-15H,1-4H3. The molecule has 0 N–H and O–H groups in total. The molecule has 2 rings (SSSR count). The van der Waals surface area contributed by atoms with Crippen LogP contribution in [0, 0.1) is 17.7 Å². The average Bonchev–Trinajstić information content (AvgIpc) is 2.49. The lowest BCUT2D eigenvalue weighted by molar-refractivity contribution is 0.590. The summed E-state index contributed by atoms with van der Waals surface area (Å²) < 4.78 is 13.8. The van der Waals surface area contributed by atoms with Gasteiger partial charge in [0.2, 0.25) is 0 Å². The van der Waals surface area contributed by atoms with Gasteiger partial charge in [0.25, 0.3) is 0 Å². The Kier molecular flexibility index (Phi) is 4.83. The molecule has 0 aromatic heterocycles. The van der Waals surface area contributed by atoms with Crippen LogP contribution in [0.4, 0.5) is 4.39 Å². The van der Waals surface area contributed by atoms with Crippen LogP contribution < -0.4 is 0 Å². The first-order valence-corrected chi connectivity index (χ1v) is 7.45. The molecule has 0 spiro atoms. The van der Waals surface area contributed by atoms with E-state index in [4.69, 9.17) is 0 Å². The van der Waals surface area contributed by atoms with Crippen molar-refractivity contribution in [1.29, 1.82) is 0 Å². The highest BCUT2D eigenvalue weighted by Gasteiger charge is 2.12. The molecular formula is C21H21F. The third-order valence-corrected chi connectivity index (χ3v) is 3.55. The SMILES string of the molecule is CC=C(C#Cc1ccc(C(C)(C)C)cc1)c1ccccc1F. The Labute approximate surface area is 132 Å². The van der Waals surface area contributed by atoms with E-state index >= 15 is 0 Å². The molecule has 0 bridgehead atoms. The van der Waals surface area contributed by atoms with Crippen LogP contribution in [-0.2, 0) is 5.41 Å². The summed E-state index contributed by atoms with van der Waals surface area (Å²) in [6, 6.07) is 14.9. The van der Waals surface area contributed by atoms with Gasteiger partial charge in [-0.15, -0.1) is 0 Å². The second-order valence-electron chi connectivity index (χ2n) is 6.26. The van der Waals surface area contributed by atoms with Crippen LogP contribution in [0.5, 0.6) is 0 Å². The van der Waals surface area contributed by atoms with Crippen LogP contribution in [0.15, 0.2) is 54.6 Å². The summed E-state index contributed by atoms with van der Waals surface area (Å²) in [6.45, 7) is 8.43. The highest BCUT2D eigenvalue weighted by molar-refractivity contribution is 5.79. The monoisotopic (exact) mass is 292 g/mol. The topological polar surface area (TPSA) is 0 Å². The van der Waals surface area contributed by atoms with Gasteiger partial charge in [0.05, 0.1) is 0 Å². The molecule has 0 unspecified atom stereocenters. The average molecular weight is 292 g/mol. The molecule has 0 radical (unpaired) electrons. The van der Waals surface area contributed by atoms with E-state index in [9.17, 15) is 4.39 Å². The van der Waals surface area contributed by atoms with Gasteiger partial charge < -0.3 is 0 Å². The van der Waals surface area contributed by atoms with Crippen molar-refractivity contribution >= 4 is 5.57 Å². The lowest BCUT2D eigenvalue weighted by Gasteiger charge is -2.18. The summed E-state index contributed by atoms with van der Waals surface area (Å²) in [4.78, 5) is 0. The molecular weight excluding hydrogens is 271 g/mol. The number of hydrogen-bond acceptors (Lipinski definition) is 0. The summed E-state index contributed by atoms with van der Waals surface area (Å²) in [5.74, 6) is 5.94. The largest absolute Gasteiger partial charge is 0.206 e. The fourth-order valence-corrected chi connectivity index (χ4v) is 2.17. The van der Waals surface area contributed by atoms with E-state index in [1.807, 2.05) is 31.2 Å². The minimum absolute atomic E-state index is 0.133. The van der Waals surface area contributed by atoms with E-state index in [1.54, 1.807) is 12.1 Å². The summed E-state index contributed by atoms with van der Waals surface area (Å²) in [6.07, 6.45) is 1.84. The highest BCUT2D eigenvalue weighted by atomic mass is 19.1. The first-order chi connectivity index (χ1) is 10.4. The van der Waals surface area contributed by atoms with Gasteiger partial charge in [-0.1, -0.05) is 69.0 Å². The molecule has 0 saturated heterocycles. The van der Waals surface area contributed by atoms with Crippen molar-refractivity contribution in [2.45, 2.75) is 33.1 Å². The van der Waals surface area contributed by atoms with Crippen LogP contribution in [0.25, 0.3) is 5.57 Å². The van der Waals surface area contributed by atoms with Gasteiger partial charge in [0.15, 0.2) is 0 Å². The van der Waals surface area contributed by atoms with Crippen LogP contribution >= 0.6 is 0 Å². The summed E-state index contributed by atoms with van der Waals surface area (Å²) >= 11 is 0. The Bertz CT molecular complexity index is 732. The summed E-state index contributed by atoms with van der Waals surface area (Å²) in [5.41, 5.74) is 3.59. The van der Waals surface area contributed by atoms with E-state index < -0.39 is 0 Å². The second-order valence-corrected chi connectivity index (χ2v) is 6.26. The summed E-state index contributed by atoms with van der Waals surface area (Å²) in [5, 5.41) is 0. The maximum absolute atomic E-state index is 13.8. The Morgan fingerprint density at radius 2 is 1.64 bits per heavy atom. The Hall–Kier alpha value is -2.33. The van der Waals surface area contributed by atoms with E-state index in [2.05, 4.69) is 44.7 Å². The third-order valence-electron chi connectivity index (χ3n) is 3.55. The van der Waals surface area contributed by atoms with Crippen molar-refractivity contribution in [3.8, 4) is 11.8 Å². The Balaban J connectivity index is 2.27. The zero-order chi connectivity index (χ0) is 16.2. The molecule has 0 heterocycles. The molecule has 0 aliphatic rings. The Morgan fingerprint density at radius 1 is 1.00 bits per heavy atom. The lowest BCUT2D eigenvalue weighted by atomic mass is 9.87. The number of halogens is 1. The zero-order valence-corrected chi connectivity index (χ0v) is 13.6. The predicted octanol–water partition coefficient (Wildman–Crippen LogP) is 5.58. The minimum Gasteiger partial charge on any atom is -0.206 e. The van der Waals surface area contributed by atoms with Crippen LogP contribution in [0.2, 0.25) is 0 Å². The molecule has 0 aliphatic carbocycles. The molecule has 22 heavy (non-hydrogen) atoms. The van der Waals surface area contributed by atoms with Gasteiger partial charge >= 0.3 is 0 Å². The second kappa shape index (κ2) is 6.62. The molecule has 0 aliphatic heterocycles. The van der Waals surface area contributed by atoms with E-state index in [-0.39, 0.29) is 11.2 Å². The number of rotatable bonds is 1. The van der Waals surface area contributed by atoms with Crippen molar-refractivity contribution in [2.75, 3.05) is 0 Å². The summed E-state index contributed by atoms with van der Waals surface area (Å²) in [7, 11) is 0. The normalized spacial score (nSPS) is 11.8. The first-order valence-electron chi connectivity index (χ1n) is 7.45. The predicted molar refractivity (Wildman–Crippen MR) is 92.1 cm³/mol. The molecule has 1 heteroatoms. The molecule has 2 aromatic rings. The molecule has 0 fully saturated rings. The van der Waals surface area contributed by atoms with Crippen LogP contribution in [0.3, 0.4) is 0 Å². The first kappa shape index (κ1) is 16.0. The third kappa shape index (κ3) is 3.86. The van der Waals surface area contributed by atoms with E-state index in [0.717, 1.165) is 5.56 Å². The van der Waals surface area contributed by atoms with Crippen molar-refractivity contribution in [3.05, 3.63) is 77.1 Å². The van der Waals surface area contributed by atoms with Crippen LogP contribution in [-0.4, -0.2) is 0 Å². The van der Waals surface area contributed by atoms with Crippen molar-refractivity contribution in [2.24, 2.45) is 0 Å². The number of benzene rings is 2.